The van der Waals surface area contributed by atoms with E-state index in [9.17, 15) is 14.7 Å². The number of hydrogen-bond acceptors (Lipinski definition) is 3. The van der Waals surface area contributed by atoms with Crippen LogP contribution < -0.4 is 0 Å². The van der Waals surface area contributed by atoms with Gasteiger partial charge in [-0.1, -0.05) is 18.2 Å². The summed E-state index contributed by atoms with van der Waals surface area (Å²) in [5.41, 5.74) is 0.273. The maximum absolute atomic E-state index is 12.7. The molecule has 0 aliphatic rings. The first-order valence-corrected chi connectivity index (χ1v) is 7.54. The number of nitrogens with zero attached hydrogens (tertiary/aromatic N) is 1. The SMILES string of the molecule is CC(C)N(Cc1cccs1)C(=O)c1ccccc1C(=O)O. The van der Waals surface area contributed by atoms with Crippen LogP contribution in [0.2, 0.25) is 0 Å². The van der Waals surface area contributed by atoms with Crippen LogP contribution in [0.1, 0.15) is 39.4 Å². The maximum atomic E-state index is 12.7. The summed E-state index contributed by atoms with van der Waals surface area (Å²) in [5.74, 6) is -1.34. The molecule has 2 rings (SSSR count). The van der Waals surface area contributed by atoms with E-state index >= 15 is 0 Å². The maximum Gasteiger partial charge on any atom is 0.336 e. The molecule has 21 heavy (non-hydrogen) atoms. The highest BCUT2D eigenvalue weighted by molar-refractivity contribution is 7.09. The molecule has 1 aromatic heterocycles. The fourth-order valence-electron chi connectivity index (χ4n) is 2.07. The zero-order valence-corrected chi connectivity index (χ0v) is 12.8. The fraction of sp³-hybridized carbons (Fsp3) is 0.250. The molecule has 110 valence electrons. The first-order chi connectivity index (χ1) is 10.0. The highest BCUT2D eigenvalue weighted by Crippen LogP contribution is 2.19. The fourth-order valence-corrected chi connectivity index (χ4v) is 2.77. The molecular weight excluding hydrogens is 286 g/mol. The Kier molecular flexibility index (Phi) is 4.75. The third-order valence-electron chi connectivity index (χ3n) is 3.18. The summed E-state index contributed by atoms with van der Waals surface area (Å²) in [6, 6.07) is 10.2. The molecular formula is C16H17NO3S. The summed E-state index contributed by atoms with van der Waals surface area (Å²) >= 11 is 1.58. The van der Waals surface area contributed by atoms with Crippen LogP contribution in [0.3, 0.4) is 0 Å². The van der Waals surface area contributed by atoms with Gasteiger partial charge in [-0.3, -0.25) is 4.79 Å². The first kappa shape index (κ1) is 15.3. The quantitative estimate of drug-likeness (QED) is 0.919. The molecule has 0 fully saturated rings. The molecule has 4 nitrogen and oxygen atoms in total. The number of hydrogen-bond donors (Lipinski definition) is 1. The molecule has 1 heterocycles. The first-order valence-electron chi connectivity index (χ1n) is 6.66. The van der Waals surface area contributed by atoms with Crippen molar-refractivity contribution in [1.29, 1.82) is 0 Å². The summed E-state index contributed by atoms with van der Waals surface area (Å²) in [4.78, 5) is 26.7. The Bertz CT molecular complexity index is 635. The van der Waals surface area contributed by atoms with Crippen molar-refractivity contribution in [2.75, 3.05) is 0 Å². The lowest BCUT2D eigenvalue weighted by atomic mass is 10.1. The zero-order chi connectivity index (χ0) is 15.4. The lowest BCUT2D eigenvalue weighted by Gasteiger charge is -2.27. The number of carboxylic acids is 1. The van der Waals surface area contributed by atoms with Gasteiger partial charge < -0.3 is 10.0 Å². The van der Waals surface area contributed by atoms with Gasteiger partial charge in [-0.25, -0.2) is 4.79 Å². The molecule has 0 unspecified atom stereocenters. The van der Waals surface area contributed by atoms with Crippen molar-refractivity contribution in [3.63, 3.8) is 0 Å². The van der Waals surface area contributed by atoms with Gasteiger partial charge in [0, 0.05) is 10.9 Å². The molecule has 0 aliphatic carbocycles. The van der Waals surface area contributed by atoms with Crippen molar-refractivity contribution < 1.29 is 14.7 Å². The van der Waals surface area contributed by atoms with E-state index in [-0.39, 0.29) is 23.1 Å². The third kappa shape index (κ3) is 3.49. The molecule has 0 aliphatic heterocycles. The van der Waals surface area contributed by atoms with Gasteiger partial charge in [0.1, 0.15) is 0 Å². The number of aromatic carboxylic acids is 1. The van der Waals surface area contributed by atoms with Crippen LogP contribution in [0.15, 0.2) is 41.8 Å². The van der Waals surface area contributed by atoms with E-state index in [2.05, 4.69) is 0 Å². The largest absolute Gasteiger partial charge is 0.478 e. The smallest absolute Gasteiger partial charge is 0.336 e. The second-order valence-electron chi connectivity index (χ2n) is 4.96. The van der Waals surface area contributed by atoms with Gasteiger partial charge in [0.15, 0.2) is 0 Å². The monoisotopic (exact) mass is 303 g/mol. The van der Waals surface area contributed by atoms with E-state index in [4.69, 9.17) is 0 Å². The van der Waals surface area contributed by atoms with Crippen LogP contribution in [-0.4, -0.2) is 27.9 Å². The minimum Gasteiger partial charge on any atom is -0.478 e. The topological polar surface area (TPSA) is 57.6 Å². The molecule has 5 heteroatoms. The Morgan fingerprint density at radius 2 is 1.81 bits per heavy atom. The van der Waals surface area contributed by atoms with E-state index in [1.54, 1.807) is 34.4 Å². The van der Waals surface area contributed by atoms with Gasteiger partial charge in [0.2, 0.25) is 0 Å². The summed E-state index contributed by atoms with van der Waals surface area (Å²) in [7, 11) is 0. The van der Waals surface area contributed by atoms with Gasteiger partial charge in [-0.05, 0) is 37.4 Å². The minimum absolute atomic E-state index is 0.0125. The van der Waals surface area contributed by atoms with E-state index in [0.717, 1.165) is 4.88 Å². The van der Waals surface area contributed by atoms with Gasteiger partial charge in [-0.15, -0.1) is 11.3 Å². The molecule has 0 saturated carbocycles. The Morgan fingerprint density at radius 1 is 1.14 bits per heavy atom. The Labute approximate surface area is 127 Å². The number of carbonyl (C=O) groups is 2. The van der Waals surface area contributed by atoms with E-state index in [1.807, 2.05) is 31.4 Å². The van der Waals surface area contributed by atoms with E-state index in [0.29, 0.717) is 6.54 Å². The van der Waals surface area contributed by atoms with Gasteiger partial charge in [0.25, 0.3) is 5.91 Å². The molecule has 0 spiro atoms. The van der Waals surface area contributed by atoms with Crippen LogP contribution in [0.5, 0.6) is 0 Å². The highest BCUT2D eigenvalue weighted by Gasteiger charge is 2.23. The molecule has 1 N–H and O–H groups in total. The number of rotatable bonds is 5. The normalized spacial score (nSPS) is 10.6. The molecule has 0 saturated heterocycles. The summed E-state index contributed by atoms with van der Waals surface area (Å²) in [6.45, 7) is 4.34. The van der Waals surface area contributed by atoms with Crippen LogP contribution in [0.25, 0.3) is 0 Å². The van der Waals surface area contributed by atoms with Gasteiger partial charge in [-0.2, -0.15) is 0 Å². The minimum atomic E-state index is -1.08. The van der Waals surface area contributed by atoms with Crippen molar-refractivity contribution in [2.45, 2.75) is 26.4 Å². The molecule has 2 aromatic rings. The highest BCUT2D eigenvalue weighted by atomic mass is 32.1. The number of benzene rings is 1. The average molecular weight is 303 g/mol. The van der Waals surface area contributed by atoms with Gasteiger partial charge in [0.05, 0.1) is 17.7 Å². The van der Waals surface area contributed by atoms with Crippen LogP contribution in [-0.2, 0) is 6.54 Å². The van der Waals surface area contributed by atoms with Crippen LogP contribution in [0.4, 0.5) is 0 Å². The van der Waals surface area contributed by atoms with Crippen molar-refractivity contribution in [2.24, 2.45) is 0 Å². The van der Waals surface area contributed by atoms with Crippen molar-refractivity contribution in [1.82, 2.24) is 4.90 Å². The lowest BCUT2D eigenvalue weighted by Crippen LogP contribution is -2.37. The summed E-state index contributed by atoms with van der Waals surface area (Å²) in [6.07, 6.45) is 0. The zero-order valence-electron chi connectivity index (χ0n) is 11.9. The Morgan fingerprint density at radius 3 is 2.33 bits per heavy atom. The summed E-state index contributed by atoms with van der Waals surface area (Å²) < 4.78 is 0. The molecule has 0 atom stereocenters. The Hall–Kier alpha value is -2.14. The Balaban J connectivity index is 2.33. The number of carbonyl (C=O) groups excluding carboxylic acids is 1. The predicted octanol–water partition coefficient (Wildman–Crippen LogP) is 3.50. The standard InChI is InChI=1S/C16H17NO3S/c1-11(2)17(10-12-6-5-9-21-12)15(18)13-7-3-4-8-14(13)16(19)20/h3-9,11H,10H2,1-2H3,(H,19,20). The number of amides is 1. The number of thiophene rings is 1. The number of carboxylic acid groups (broad SMARTS) is 1. The predicted molar refractivity (Wildman–Crippen MR) is 82.7 cm³/mol. The van der Waals surface area contributed by atoms with Crippen molar-refractivity contribution >= 4 is 23.2 Å². The van der Waals surface area contributed by atoms with Crippen molar-refractivity contribution in [3.05, 3.63) is 57.8 Å². The molecule has 0 bridgehead atoms. The van der Waals surface area contributed by atoms with E-state index < -0.39 is 5.97 Å². The molecule has 1 aromatic carbocycles. The third-order valence-corrected chi connectivity index (χ3v) is 4.04. The summed E-state index contributed by atoms with van der Waals surface area (Å²) in [5, 5.41) is 11.2. The average Bonchev–Trinajstić information content (AvgIpc) is 2.96. The van der Waals surface area contributed by atoms with Crippen LogP contribution in [0, 0.1) is 0 Å². The van der Waals surface area contributed by atoms with Crippen molar-refractivity contribution in [3.8, 4) is 0 Å². The van der Waals surface area contributed by atoms with Crippen LogP contribution >= 0.6 is 11.3 Å². The lowest BCUT2D eigenvalue weighted by molar-refractivity contribution is 0.0651. The molecule has 1 amide bonds. The second-order valence-corrected chi connectivity index (χ2v) is 5.99. The van der Waals surface area contributed by atoms with E-state index in [1.165, 1.54) is 6.07 Å². The molecule has 0 radical (unpaired) electrons. The second kappa shape index (κ2) is 6.54. The van der Waals surface area contributed by atoms with Gasteiger partial charge >= 0.3 is 5.97 Å².